The van der Waals surface area contributed by atoms with E-state index in [2.05, 4.69) is 11.1 Å². The van der Waals surface area contributed by atoms with E-state index in [0.717, 1.165) is 0 Å². The first kappa shape index (κ1) is 10.5. The van der Waals surface area contributed by atoms with E-state index in [1.807, 2.05) is 0 Å². The molecule has 1 aromatic heterocycles. The zero-order valence-corrected chi connectivity index (χ0v) is 8.28. The van der Waals surface area contributed by atoms with Gasteiger partial charge in [-0.05, 0) is 19.1 Å². The Morgan fingerprint density at radius 3 is 2.86 bits per heavy atom. The van der Waals surface area contributed by atoms with Gasteiger partial charge in [0.2, 0.25) is 0 Å². The summed E-state index contributed by atoms with van der Waals surface area (Å²) in [6.45, 7) is 1.76. The Hall–Kier alpha value is -1.54. The highest BCUT2D eigenvalue weighted by molar-refractivity contribution is 8.00. The van der Waals surface area contributed by atoms with Gasteiger partial charge in [0.05, 0.1) is 21.9 Å². The van der Waals surface area contributed by atoms with Crippen molar-refractivity contribution in [1.82, 2.24) is 4.98 Å². The average Bonchev–Trinajstić information content (AvgIpc) is 2.18. The van der Waals surface area contributed by atoms with Gasteiger partial charge in [-0.1, -0.05) is 11.8 Å². The van der Waals surface area contributed by atoms with Crippen LogP contribution in [0.15, 0.2) is 23.4 Å². The summed E-state index contributed by atoms with van der Waals surface area (Å²) < 4.78 is 0. The summed E-state index contributed by atoms with van der Waals surface area (Å²) in [6.07, 6.45) is 1.29. The van der Waals surface area contributed by atoms with Gasteiger partial charge in [-0.2, -0.15) is 5.26 Å². The quantitative estimate of drug-likeness (QED) is 0.766. The first-order valence-electron chi connectivity index (χ1n) is 3.89. The summed E-state index contributed by atoms with van der Waals surface area (Å²) in [5.74, 6) is -0.998. The van der Waals surface area contributed by atoms with Crippen molar-refractivity contribution in [3.63, 3.8) is 0 Å². The molecular formula is C9H8N2O2S. The molecule has 0 radical (unpaired) electrons. The van der Waals surface area contributed by atoms with Gasteiger partial charge in [0.25, 0.3) is 0 Å². The van der Waals surface area contributed by atoms with Crippen molar-refractivity contribution >= 4 is 17.7 Å². The van der Waals surface area contributed by atoms with Crippen molar-refractivity contribution in [1.29, 1.82) is 5.26 Å². The molecule has 0 amide bonds. The third-order valence-corrected chi connectivity index (χ3v) is 2.40. The monoisotopic (exact) mass is 208 g/mol. The second-order valence-corrected chi connectivity index (χ2v) is 3.94. The molecule has 0 aliphatic heterocycles. The molecule has 14 heavy (non-hydrogen) atoms. The standard InChI is InChI=1S/C9H8N2O2S/c1-6(4-10)14-8-3-2-7(5-11-8)9(12)13/h2-3,5-6H,1H3,(H,12,13). The number of thioether (sulfide) groups is 1. The number of carboxylic acid groups (broad SMARTS) is 1. The largest absolute Gasteiger partial charge is 0.478 e. The summed E-state index contributed by atoms with van der Waals surface area (Å²) >= 11 is 1.30. The number of rotatable bonds is 3. The maximum Gasteiger partial charge on any atom is 0.337 e. The van der Waals surface area contributed by atoms with E-state index in [9.17, 15) is 4.79 Å². The number of carbonyl (C=O) groups is 1. The van der Waals surface area contributed by atoms with Crippen molar-refractivity contribution in [2.75, 3.05) is 0 Å². The van der Waals surface area contributed by atoms with Crippen LogP contribution in [0.5, 0.6) is 0 Å². The molecule has 0 aliphatic rings. The molecule has 0 aliphatic carbocycles. The highest BCUT2D eigenvalue weighted by Crippen LogP contribution is 2.20. The van der Waals surface area contributed by atoms with E-state index in [-0.39, 0.29) is 10.8 Å². The van der Waals surface area contributed by atoms with Crippen LogP contribution in [0.2, 0.25) is 0 Å². The van der Waals surface area contributed by atoms with Gasteiger partial charge in [0, 0.05) is 6.20 Å². The zero-order valence-electron chi connectivity index (χ0n) is 7.47. The van der Waals surface area contributed by atoms with Gasteiger partial charge in [0.15, 0.2) is 0 Å². The lowest BCUT2D eigenvalue weighted by molar-refractivity contribution is 0.0696. The molecule has 0 saturated carbocycles. The van der Waals surface area contributed by atoms with E-state index in [0.29, 0.717) is 5.03 Å². The van der Waals surface area contributed by atoms with Gasteiger partial charge < -0.3 is 5.11 Å². The summed E-state index contributed by atoms with van der Waals surface area (Å²) in [6, 6.07) is 5.13. The zero-order chi connectivity index (χ0) is 10.6. The molecule has 72 valence electrons. The maximum absolute atomic E-state index is 10.5. The van der Waals surface area contributed by atoms with Gasteiger partial charge in [-0.25, -0.2) is 9.78 Å². The number of nitrogens with zero attached hydrogens (tertiary/aromatic N) is 2. The lowest BCUT2D eigenvalue weighted by Gasteiger charge is -2.01. The number of hydrogen-bond acceptors (Lipinski definition) is 4. The normalized spacial score (nSPS) is 11.7. The second-order valence-electron chi connectivity index (χ2n) is 2.58. The van der Waals surface area contributed by atoms with Gasteiger partial charge in [-0.3, -0.25) is 0 Å². The topological polar surface area (TPSA) is 74.0 Å². The predicted molar refractivity (Wildman–Crippen MR) is 52.1 cm³/mol. The van der Waals surface area contributed by atoms with Crippen LogP contribution in [0.4, 0.5) is 0 Å². The molecule has 4 nitrogen and oxygen atoms in total. The molecule has 0 fully saturated rings. The number of aromatic nitrogens is 1. The Morgan fingerprint density at radius 2 is 2.43 bits per heavy atom. The molecule has 1 atom stereocenters. The van der Waals surface area contributed by atoms with Crippen molar-refractivity contribution < 1.29 is 9.90 Å². The molecule has 1 aromatic rings. The molecule has 0 bridgehead atoms. The fourth-order valence-electron chi connectivity index (χ4n) is 0.784. The van der Waals surface area contributed by atoms with Gasteiger partial charge >= 0.3 is 5.97 Å². The third kappa shape index (κ3) is 2.75. The van der Waals surface area contributed by atoms with Crippen molar-refractivity contribution in [3.8, 4) is 6.07 Å². The Bertz CT molecular complexity index is 369. The number of aromatic carboxylic acids is 1. The fourth-order valence-corrected chi connectivity index (χ4v) is 1.46. The van der Waals surface area contributed by atoms with Crippen LogP contribution in [0, 0.1) is 11.3 Å². The molecule has 1 N–H and O–H groups in total. The number of hydrogen-bond donors (Lipinski definition) is 1. The van der Waals surface area contributed by atoms with Crippen LogP contribution in [0.3, 0.4) is 0 Å². The molecule has 1 rings (SSSR count). The molecule has 5 heteroatoms. The summed E-state index contributed by atoms with van der Waals surface area (Å²) in [5.41, 5.74) is 0.152. The van der Waals surface area contributed by atoms with E-state index < -0.39 is 5.97 Å². The van der Waals surface area contributed by atoms with Crippen LogP contribution in [0.25, 0.3) is 0 Å². The second kappa shape index (κ2) is 4.63. The smallest absolute Gasteiger partial charge is 0.337 e. The van der Waals surface area contributed by atoms with Crippen molar-refractivity contribution in [3.05, 3.63) is 23.9 Å². The predicted octanol–water partition coefficient (Wildman–Crippen LogP) is 1.78. The number of carboxylic acids is 1. The van der Waals surface area contributed by atoms with E-state index >= 15 is 0 Å². The number of nitriles is 1. The van der Waals surface area contributed by atoms with Crippen molar-refractivity contribution in [2.45, 2.75) is 17.2 Å². The SMILES string of the molecule is CC(C#N)Sc1ccc(C(=O)O)cn1. The van der Waals surface area contributed by atoms with Gasteiger partial charge in [0.1, 0.15) is 0 Å². The van der Waals surface area contributed by atoms with Gasteiger partial charge in [-0.15, -0.1) is 0 Å². The Morgan fingerprint density at radius 1 is 1.71 bits per heavy atom. The summed E-state index contributed by atoms with van der Waals surface area (Å²) in [4.78, 5) is 14.4. The van der Waals surface area contributed by atoms with Crippen LogP contribution >= 0.6 is 11.8 Å². The third-order valence-electron chi connectivity index (χ3n) is 1.46. The first-order chi connectivity index (χ1) is 6.63. The van der Waals surface area contributed by atoms with Crippen LogP contribution in [-0.2, 0) is 0 Å². The minimum absolute atomic E-state index is 0.152. The minimum Gasteiger partial charge on any atom is -0.478 e. The van der Waals surface area contributed by atoms with E-state index in [1.165, 1.54) is 24.0 Å². The highest BCUT2D eigenvalue weighted by Gasteiger charge is 2.06. The molecule has 0 saturated heterocycles. The van der Waals surface area contributed by atoms with E-state index in [4.69, 9.17) is 10.4 Å². The van der Waals surface area contributed by atoms with Crippen LogP contribution in [0.1, 0.15) is 17.3 Å². The molecule has 1 heterocycles. The number of pyridine rings is 1. The molecule has 1 unspecified atom stereocenters. The highest BCUT2D eigenvalue weighted by atomic mass is 32.2. The molecule has 0 spiro atoms. The summed E-state index contributed by atoms with van der Waals surface area (Å²) in [5, 5.41) is 17.6. The van der Waals surface area contributed by atoms with E-state index in [1.54, 1.807) is 13.0 Å². The first-order valence-corrected chi connectivity index (χ1v) is 4.77. The Labute approximate surface area is 85.6 Å². The lowest BCUT2D eigenvalue weighted by atomic mass is 10.3. The Balaban J connectivity index is 2.75. The average molecular weight is 208 g/mol. The lowest BCUT2D eigenvalue weighted by Crippen LogP contribution is -1.98. The fraction of sp³-hybridized carbons (Fsp3) is 0.222. The maximum atomic E-state index is 10.5. The summed E-state index contributed by atoms with van der Waals surface area (Å²) in [7, 11) is 0. The van der Waals surface area contributed by atoms with Crippen LogP contribution in [-0.4, -0.2) is 21.3 Å². The van der Waals surface area contributed by atoms with Crippen LogP contribution < -0.4 is 0 Å². The van der Waals surface area contributed by atoms with Crippen molar-refractivity contribution in [2.24, 2.45) is 0 Å². The molecular weight excluding hydrogens is 200 g/mol. The minimum atomic E-state index is -0.998. The Kier molecular flexibility index (Phi) is 3.48. The molecule has 0 aromatic carbocycles.